The van der Waals surface area contributed by atoms with Crippen molar-refractivity contribution in [2.24, 2.45) is 0 Å². The molecule has 118 valence electrons. The lowest BCUT2D eigenvalue weighted by atomic mass is 10.2. The van der Waals surface area contributed by atoms with Gasteiger partial charge in [0.2, 0.25) is 11.7 Å². The Hall–Kier alpha value is -2.27. The Labute approximate surface area is 139 Å². The molecule has 0 atom stereocenters. The van der Waals surface area contributed by atoms with Crippen LogP contribution in [0.3, 0.4) is 0 Å². The number of ether oxygens (including phenoxy) is 1. The van der Waals surface area contributed by atoms with Gasteiger partial charge in [-0.25, -0.2) is 0 Å². The van der Waals surface area contributed by atoms with E-state index in [0.717, 1.165) is 17.1 Å². The Morgan fingerprint density at radius 2 is 1.78 bits per heavy atom. The monoisotopic (exact) mass is 326 g/mol. The molecular weight excluding hydrogens is 308 g/mol. The maximum Gasteiger partial charge on any atom is 0.236 e. The van der Waals surface area contributed by atoms with Gasteiger partial charge in [0.05, 0.1) is 12.4 Å². The Balaban J connectivity index is 1.59. The normalized spacial score (nSPS) is 10.7. The van der Waals surface area contributed by atoms with Gasteiger partial charge in [-0.05, 0) is 13.0 Å². The van der Waals surface area contributed by atoms with Crippen molar-refractivity contribution in [3.05, 3.63) is 66.1 Å². The summed E-state index contributed by atoms with van der Waals surface area (Å²) in [4.78, 5) is 4.44. The van der Waals surface area contributed by atoms with E-state index in [4.69, 9.17) is 9.26 Å². The molecule has 3 aromatic rings. The fraction of sp³-hybridized carbons (Fsp3) is 0.222. The van der Waals surface area contributed by atoms with Crippen LogP contribution in [0, 0.1) is 0 Å². The molecule has 0 fully saturated rings. The van der Waals surface area contributed by atoms with Gasteiger partial charge in [0, 0.05) is 16.9 Å². The lowest BCUT2D eigenvalue weighted by molar-refractivity contribution is 0.337. The van der Waals surface area contributed by atoms with Crippen LogP contribution in [-0.4, -0.2) is 16.7 Å². The number of hydrogen-bond acceptors (Lipinski definition) is 5. The van der Waals surface area contributed by atoms with Crippen LogP contribution in [0.4, 0.5) is 0 Å². The largest absolute Gasteiger partial charge is 0.494 e. The summed E-state index contributed by atoms with van der Waals surface area (Å²) in [5.41, 5.74) is 2.15. The van der Waals surface area contributed by atoms with Gasteiger partial charge in [-0.2, -0.15) is 4.98 Å². The minimum atomic E-state index is 0.635. The van der Waals surface area contributed by atoms with Crippen molar-refractivity contribution in [2.45, 2.75) is 18.4 Å². The molecule has 2 aromatic carbocycles. The molecule has 1 heterocycles. The SMILES string of the molecule is CCOc1ccccc1CSCc1nc(-c2ccccc2)no1. The van der Waals surface area contributed by atoms with Crippen molar-refractivity contribution in [2.75, 3.05) is 6.61 Å². The summed E-state index contributed by atoms with van der Waals surface area (Å²) < 4.78 is 11.0. The molecule has 4 nitrogen and oxygen atoms in total. The highest BCUT2D eigenvalue weighted by atomic mass is 32.2. The van der Waals surface area contributed by atoms with Gasteiger partial charge in [0.15, 0.2) is 0 Å². The number of aromatic nitrogens is 2. The van der Waals surface area contributed by atoms with Crippen molar-refractivity contribution in [1.82, 2.24) is 10.1 Å². The summed E-state index contributed by atoms with van der Waals surface area (Å²) >= 11 is 1.73. The molecule has 0 amide bonds. The number of thioether (sulfide) groups is 1. The molecule has 0 radical (unpaired) electrons. The predicted molar refractivity (Wildman–Crippen MR) is 92.3 cm³/mol. The summed E-state index contributed by atoms with van der Waals surface area (Å²) in [7, 11) is 0. The third-order valence-corrected chi connectivity index (χ3v) is 4.22. The molecule has 0 aliphatic carbocycles. The zero-order valence-electron chi connectivity index (χ0n) is 12.9. The van der Waals surface area contributed by atoms with Gasteiger partial charge in [0.25, 0.3) is 0 Å². The Morgan fingerprint density at radius 3 is 2.61 bits per heavy atom. The van der Waals surface area contributed by atoms with Crippen LogP contribution in [0.1, 0.15) is 18.4 Å². The van der Waals surface area contributed by atoms with E-state index < -0.39 is 0 Å². The van der Waals surface area contributed by atoms with E-state index >= 15 is 0 Å². The van der Waals surface area contributed by atoms with E-state index in [1.807, 2.05) is 55.5 Å². The molecule has 23 heavy (non-hydrogen) atoms. The van der Waals surface area contributed by atoms with E-state index in [-0.39, 0.29) is 0 Å². The summed E-state index contributed by atoms with van der Waals surface area (Å²) in [5, 5.41) is 4.03. The van der Waals surface area contributed by atoms with Gasteiger partial charge < -0.3 is 9.26 Å². The third kappa shape index (κ3) is 4.13. The van der Waals surface area contributed by atoms with Gasteiger partial charge >= 0.3 is 0 Å². The maximum absolute atomic E-state index is 5.64. The standard InChI is InChI=1S/C18H18N2O2S/c1-2-21-16-11-7-6-10-15(16)12-23-13-17-19-18(20-22-17)14-8-4-3-5-9-14/h3-11H,2,12-13H2,1H3. The second kappa shape index (κ2) is 7.83. The molecule has 1 aromatic heterocycles. The summed E-state index contributed by atoms with van der Waals surface area (Å²) in [5.74, 6) is 3.75. The Kier molecular flexibility index (Phi) is 5.32. The van der Waals surface area contributed by atoms with E-state index in [1.54, 1.807) is 11.8 Å². The fourth-order valence-electron chi connectivity index (χ4n) is 2.19. The molecular formula is C18H18N2O2S. The lowest BCUT2D eigenvalue weighted by Crippen LogP contribution is -1.95. The van der Waals surface area contributed by atoms with Crippen LogP contribution >= 0.6 is 11.8 Å². The van der Waals surface area contributed by atoms with E-state index in [0.29, 0.717) is 24.1 Å². The first kappa shape index (κ1) is 15.6. The smallest absolute Gasteiger partial charge is 0.236 e. The van der Waals surface area contributed by atoms with Crippen molar-refractivity contribution in [1.29, 1.82) is 0 Å². The van der Waals surface area contributed by atoms with Gasteiger partial charge in [-0.1, -0.05) is 53.7 Å². The highest BCUT2D eigenvalue weighted by Gasteiger charge is 2.09. The molecule has 0 saturated carbocycles. The molecule has 0 N–H and O–H groups in total. The first-order chi connectivity index (χ1) is 11.4. The summed E-state index contributed by atoms with van der Waals surface area (Å²) in [6.07, 6.45) is 0. The van der Waals surface area contributed by atoms with Gasteiger partial charge in [-0.3, -0.25) is 0 Å². The number of para-hydroxylation sites is 1. The molecule has 0 unspecified atom stereocenters. The highest BCUT2D eigenvalue weighted by Crippen LogP contribution is 2.25. The van der Waals surface area contributed by atoms with Crippen LogP contribution in [0.25, 0.3) is 11.4 Å². The van der Waals surface area contributed by atoms with Crippen molar-refractivity contribution in [3.63, 3.8) is 0 Å². The van der Waals surface area contributed by atoms with E-state index in [2.05, 4.69) is 16.2 Å². The van der Waals surface area contributed by atoms with Crippen LogP contribution in [-0.2, 0) is 11.5 Å². The van der Waals surface area contributed by atoms with Crippen molar-refractivity contribution >= 4 is 11.8 Å². The van der Waals surface area contributed by atoms with Crippen LogP contribution < -0.4 is 4.74 Å². The first-order valence-corrected chi connectivity index (χ1v) is 8.68. The molecule has 0 aliphatic rings. The second-order valence-electron chi connectivity index (χ2n) is 4.91. The molecule has 0 spiro atoms. The van der Waals surface area contributed by atoms with Crippen LogP contribution in [0.15, 0.2) is 59.1 Å². The molecule has 5 heteroatoms. The van der Waals surface area contributed by atoms with Crippen molar-refractivity contribution in [3.8, 4) is 17.1 Å². The lowest BCUT2D eigenvalue weighted by Gasteiger charge is -2.08. The Morgan fingerprint density at radius 1 is 1.00 bits per heavy atom. The molecule has 0 aliphatic heterocycles. The van der Waals surface area contributed by atoms with E-state index in [1.165, 1.54) is 5.56 Å². The molecule has 0 saturated heterocycles. The zero-order chi connectivity index (χ0) is 15.9. The Bertz CT molecular complexity index is 744. The van der Waals surface area contributed by atoms with Crippen LogP contribution in [0.2, 0.25) is 0 Å². The van der Waals surface area contributed by atoms with Crippen molar-refractivity contribution < 1.29 is 9.26 Å². The average molecular weight is 326 g/mol. The zero-order valence-corrected chi connectivity index (χ0v) is 13.8. The maximum atomic E-state index is 5.64. The second-order valence-corrected chi connectivity index (χ2v) is 5.90. The number of rotatable bonds is 7. The minimum absolute atomic E-state index is 0.635. The number of nitrogens with zero attached hydrogens (tertiary/aromatic N) is 2. The average Bonchev–Trinajstić information content (AvgIpc) is 3.06. The molecule has 0 bridgehead atoms. The summed E-state index contributed by atoms with van der Waals surface area (Å²) in [6, 6.07) is 17.9. The topological polar surface area (TPSA) is 48.2 Å². The predicted octanol–water partition coefficient (Wildman–Crippen LogP) is 4.57. The number of benzene rings is 2. The van der Waals surface area contributed by atoms with E-state index in [9.17, 15) is 0 Å². The van der Waals surface area contributed by atoms with Gasteiger partial charge in [-0.15, -0.1) is 11.8 Å². The highest BCUT2D eigenvalue weighted by molar-refractivity contribution is 7.97. The molecule has 3 rings (SSSR count). The fourth-order valence-corrected chi connectivity index (χ4v) is 3.04. The minimum Gasteiger partial charge on any atom is -0.494 e. The third-order valence-electron chi connectivity index (χ3n) is 3.26. The quantitative estimate of drug-likeness (QED) is 0.636. The first-order valence-electron chi connectivity index (χ1n) is 7.53. The van der Waals surface area contributed by atoms with Gasteiger partial charge in [0.1, 0.15) is 5.75 Å². The van der Waals surface area contributed by atoms with Crippen LogP contribution in [0.5, 0.6) is 5.75 Å². The summed E-state index contributed by atoms with van der Waals surface area (Å²) in [6.45, 7) is 2.67. The number of hydrogen-bond donors (Lipinski definition) is 0.